The number of benzene rings is 1. The van der Waals surface area contributed by atoms with Gasteiger partial charge in [-0.2, -0.15) is 0 Å². The minimum Gasteiger partial charge on any atom is -0.508 e. The van der Waals surface area contributed by atoms with Crippen molar-refractivity contribution in [1.82, 2.24) is 0 Å². The molecular formula is C9H7ClO2. The molecule has 0 saturated carbocycles. The molecule has 0 aliphatic rings. The molecule has 1 N–H and O–H groups in total. The van der Waals surface area contributed by atoms with Crippen molar-refractivity contribution in [1.29, 1.82) is 0 Å². The van der Waals surface area contributed by atoms with Crippen LogP contribution in [0.25, 0.3) is 6.08 Å². The number of phenols is 1. The summed E-state index contributed by atoms with van der Waals surface area (Å²) in [5.41, 5.74) is 0.628. The summed E-state index contributed by atoms with van der Waals surface area (Å²) in [7, 11) is 0. The van der Waals surface area contributed by atoms with Crippen LogP contribution >= 0.6 is 11.6 Å². The van der Waals surface area contributed by atoms with Crippen molar-refractivity contribution in [2.45, 2.75) is 0 Å². The van der Waals surface area contributed by atoms with Gasteiger partial charge >= 0.3 is 0 Å². The van der Waals surface area contributed by atoms with Gasteiger partial charge in [0.1, 0.15) is 12.0 Å². The molecule has 0 fully saturated rings. The number of hydrogen-bond donors (Lipinski definition) is 1. The summed E-state index contributed by atoms with van der Waals surface area (Å²) in [6.45, 7) is 0. The fraction of sp³-hybridized carbons (Fsp3) is 0. The fourth-order valence-corrected chi connectivity index (χ4v) is 0.982. The summed E-state index contributed by atoms with van der Waals surface area (Å²) in [5.74, 6) is 0.130. The summed E-state index contributed by atoms with van der Waals surface area (Å²) < 4.78 is 0. The summed E-state index contributed by atoms with van der Waals surface area (Å²) in [6, 6.07) is 4.55. The molecule has 3 heteroatoms. The maximum absolute atomic E-state index is 9.98. The first-order valence-corrected chi connectivity index (χ1v) is 3.72. The Kier molecular flexibility index (Phi) is 2.88. The third kappa shape index (κ3) is 2.10. The third-order valence-electron chi connectivity index (χ3n) is 1.33. The van der Waals surface area contributed by atoms with Crippen molar-refractivity contribution in [2.24, 2.45) is 0 Å². The number of allylic oxidation sites excluding steroid dienone is 1. The van der Waals surface area contributed by atoms with Crippen LogP contribution in [0.2, 0.25) is 5.02 Å². The molecule has 0 bridgehead atoms. The Morgan fingerprint density at radius 3 is 2.83 bits per heavy atom. The Balaban J connectivity index is 3.04. The van der Waals surface area contributed by atoms with Gasteiger partial charge in [-0.05, 0) is 29.8 Å². The number of aromatic hydroxyl groups is 1. The van der Waals surface area contributed by atoms with Crippen LogP contribution in [0, 0.1) is 0 Å². The maximum Gasteiger partial charge on any atom is 0.142 e. The second-order valence-electron chi connectivity index (χ2n) is 2.20. The van der Waals surface area contributed by atoms with Crippen molar-refractivity contribution >= 4 is 24.0 Å². The molecular weight excluding hydrogens is 176 g/mol. The molecule has 1 aromatic rings. The standard InChI is InChI=1S/C9H7ClO2/c10-9-4-3-8(12)6-7(9)2-1-5-11/h1-6,12H. The van der Waals surface area contributed by atoms with Crippen molar-refractivity contribution in [3.05, 3.63) is 34.9 Å². The lowest BCUT2D eigenvalue weighted by atomic mass is 10.2. The predicted molar refractivity (Wildman–Crippen MR) is 48.2 cm³/mol. The number of aldehydes is 1. The van der Waals surface area contributed by atoms with E-state index >= 15 is 0 Å². The molecule has 0 aromatic heterocycles. The second kappa shape index (κ2) is 3.93. The van der Waals surface area contributed by atoms with Crippen LogP contribution in [0.3, 0.4) is 0 Å². The Bertz CT molecular complexity index is 318. The number of rotatable bonds is 2. The van der Waals surface area contributed by atoms with Gasteiger partial charge in [0, 0.05) is 5.02 Å². The van der Waals surface area contributed by atoms with Gasteiger partial charge in [-0.1, -0.05) is 17.7 Å². The average molecular weight is 183 g/mol. The molecule has 0 aliphatic heterocycles. The van der Waals surface area contributed by atoms with Crippen LogP contribution in [0.1, 0.15) is 5.56 Å². The van der Waals surface area contributed by atoms with Crippen molar-refractivity contribution in [2.75, 3.05) is 0 Å². The molecule has 1 rings (SSSR count). The molecule has 62 valence electrons. The van der Waals surface area contributed by atoms with Crippen molar-refractivity contribution in [3.63, 3.8) is 0 Å². The third-order valence-corrected chi connectivity index (χ3v) is 1.68. The summed E-state index contributed by atoms with van der Waals surface area (Å²) >= 11 is 5.75. The SMILES string of the molecule is O=CC=Cc1cc(O)ccc1Cl. The largest absolute Gasteiger partial charge is 0.508 e. The van der Waals surface area contributed by atoms with E-state index in [1.54, 1.807) is 6.07 Å². The quantitative estimate of drug-likeness (QED) is 0.563. The van der Waals surface area contributed by atoms with Gasteiger partial charge in [0.2, 0.25) is 0 Å². The van der Waals surface area contributed by atoms with E-state index < -0.39 is 0 Å². The Morgan fingerprint density at radius 1 is 1.42 bits per heavy atom. The normalized spacial score (nSPS) is 10.4. The first-order valence-electron chi connectivity index (χ1n) is 3.34. The smallest absolute Gasteiger partial charge is 0.142 e. The van der Waals surface area contributed by atoms with Gasteiger partial charge in [0.15, 0.2) is 0 Å². The molecule has 0 radical (unpaired) electrons. The van der Waals surface area contributed by atoms with Crippen LogP contribution in [0.15, 0.2) is 24.3 Å². The van der Waals surface area contributed by atoms with Gasteiger partial charge < -0.3 is 5.11 Å². The molecule has 12 heavy (non-hydrogen) atoms. The summed E-state index contributed by atoms with van der Waals surface area (Å²) in [4.78, 5) is 9.98. The van der Waals surface area contributed by atoms with Crippen LogP contribution in [-0.2, 0) is 4.79 Å². The highest BCUT2D eigenvalue weighted by molar-refractivity contribution is 6.32. The fourth-order valence-electron chi connectivity index (χ4n) is 0.802. The second-order valence-corrected chi connectivity index (χ2v) is 2.61. The Morgan fingerprint density at radius 2 is 2.17 bits per heavy atom. The first kappa shape index (κ1) is 8.81. The lowest BCUT2D eigenvalue weighted by molar-refractivity contribution is -0.104. The van der Waals surface area contributed by atoms with Gasteiger partial charge in [-0.25, -0.2) is 0 Å². The topological polar surface area (TPSA) is 37.3 Å². The number of hydrogen-bond acceptors (Lipinski definition) is 2. The molecule has 1 aromatic carbocycles. The monoisotopic (exact) mass is 182 g/mol. The van der Waals surface area contributed by atoms with Crippen LogP contribution in [0.4, 0.5) is 0 Å². The van der Waals surface area contributed by atoms with Crippen LogP contribution in [-0.4, -0.2) is 11.4 Å². The molecule has 0 spiro atoms. The zero-order valence-corrected chi connectivity index (χ0v) is 6.95. The van der Waals surface area contributed by atoms with E-state index in [0.717, 1.165) is 0 Å². The highest BCUT2D eigenvalue weighted by Crippen LogP contribution is 2.21. The number of halogens is 1. The zero-order valence-electron chi connectivity index (χ0n) is 6.20. The van der Waals surface area contributed by atoms with Gasteiger partial charge in [-0.3, -0.25) is 4.79 Å². The lowest BCUT2D eigenvalue weighted by Gasteiger charge is -1.97. The minimum absolute atomic E-state index is 0.130. The van der Waals surface area contributed by atoms with E-state index in [9.17, 15) is 4.79 Å². The molecule has 0 atom stereocenters. The molecule has 0 aliphatic carbocycles. The molecule has 2 nitrogen and oxygen atoms in total. The molecule has 0 heterocycles. The van der Waals surface area contributed by atoms with E-state index in [-0.39, 0.29) is 5.75 Å². The predicted octanol–water partition coefficient (Wildman–Crippen LogP) is 2.26. The molecule has 0 amide bonds. The first-order chi connectivity index (χ1) is 5.74. The number of phenolic OH excluding ortho intramolecular Hbond substituents is 1. The van der Waals surface area contributed by atoms with Crippen molar-refractivity contribution < 1.29 is 9.90 Å². The number of carbonyl (C=O) groups excluding carboxylic acids is 1. The van der Waals surface area contributed by atoms with Gasteiger partial charge in [0.05, 0.1) is 0 Å². The Labute approximate surface area is 75.1 Å². The molecule has 0 saturated heterocycles. The van der Waals surface area contributed by atoms with E-state index in [0.29, 0.717) is 16.9 Å². The highest BCUT2D eigenvalue weighted by Gasteiger charge is 1.96. The summed E-state index contributed by atoms with van der Waals surface area (Å²) in [6.07, 6.45) is 3.51. The molecule has 0 unspecified atom stereocenters. The lowest BCUT2D eigenvalue weighted by Crippen LogP contribution is -1.74. The van der Waals surface area contributed by atoms with Gasteiger partial charge in [-0.15, -0.1) is 0 Å². The Hall–Kier alpha value is -1.28. The maximum atomic E-state index is 9.98. The van der Waals surface area contributed by atoms with Crippen LogP contribution < -0.4 is 0 Å². The van der Waals surface area contributed by atoms with Crippen molar-refractivity contribution in [3.8, 4) is 5.75 Å². The number of carbonyl (C=O) groups is 1. The highest BCUT2D eigenvalue weighted by atomic mass is 35.5. The van der Waals surface area contributed by atoms with E-state index in [1.807, 2.05) is 0 Å². The summed E-state index contributed by atoms with van der Waals surface area (Å²) in [5, 5.41) is 9.56. The zero-order chi connectivity index (χ0) is 8.97. The van der Waals surface area contributed by atoms with Gasteiger partial charge in [0.25, 0.3) is 0 Å². The van der Waals surface area contributed by atoms with Crippen LogP contribution in [0.5, 0.6) is 5.75 Å². The van der Waals surface area contributed by atoms with E-state index in [1.165, 1.54) is 24.3 Å². The average Bonchev–Trinajstić information content (AvgIpc) is 2.07. The minimum atomic E-state index is 0.130. The van der Waals surface area contributed by atoms with E-state index in [4.69, 9.17) is 16.7 Å². The van der Waals surface area contributed by atoms with E-state index in [2.05, 4.69) is 0 Å².